The highest BCUT2D eigenvalue weighted by Gasteiger charge is 2.12. The van der Waals surface area contributed by atoms with Crippen LogP contribution in [-0.2, 0) is 9.53 Å². The molecule has 4 nitrogen and oxygen atoms in total. The maximum Gasteiger partial charge on any atom is 0.333 e. The van der Waals surface area contributed by atoms with E-state index in [1.807, 2.05) is 0 Å². The third-order valence-corrected chi connectivity index (χ3v) is 1.80. The molecule has 0 aromatic heterocycles. The van der Waals surface area contributed by atoms with E-state index in [4.69, 9.17) is 5.11 Å². The first-order chi connectivity index (χ1) is 6.02. The van der Waals surface area contributed by atoms with Gasteiger partial charge in [0.05, 0.1) is 13.2 Å². The Bertz CT molecular complexity index is 198. The van der Waals surface area contributed by atoms with Crippen molar-refractivity contribution in [2.45, 2.75) is 20.0 Å². The molecule has 0 saturated heterocycles. The summed E-state index contributed by atoms with van der Waals surface area (Å²) in [4.78, 5) is 10.9. The van der Waals surface area contributed by atoms with Crippen LogP contribution in [0, 0.1) is 5.92 Å². The van der Waals surface area contributed by atoms with Crippen molar-refractivity contribution < 1.29 is 19.7 Å². The second-order valence-electron chi connectivity index (χ2n) is 2.99. The van der Waals surface area contributed by atoms with E-state index >= 15 is 0 Å². The molecule has 0 aromatic carbocycles. The Morgan fingerprint density at radius 3 is 2.54 bits per heavy atom. The lowest BCUT2D eigenvalue weighted by atomic mass is 10.0. The molecule has 0 aliphatic rings. The molecule has 13 heavy (non-hydrogen) atoms. The number of hydrogen-bond acceptors (Lipinski definition) is 4. The minimum atomic E-state index is -0.816. The predicted molar refractivity (Wildman–Crippen MR) is 48.0 cm³/mol. The van der Waals surface area contributed by atoms with Crippen LogP contribution >= 0.6 is 0 Å². The predicted octanol–water partition coefficient (Wildman–Crippen LogP) is 0.0950. The van der Waals surface area contributed by atoms with Crippen molar-refractivity contribution in [3.63, 3.8) is 0 Å². The van der Waals surface area contributed by atoms with Crippen LogP contribution in [0.4, 0.5) is 0 Å². The Labute approximate surface area is 77.8 Å². The maximum atomic E-state index is 10.9. The van der Waals surface area contributed by atoms with Gasteiger partial charge in [-0.1, -0.05) is 6.92 Å². The van der Waals surface area contributed by atoms with Crippen molar-refractivity contribution in [1.82, 2.24) is 0 Å². The summed E-state index contributed by atoms with van der Waals surface area (Å²) in [6.07, 6.45) is 0.566. The largest absolute Gasteiger partial charge is 0.466 e. The summed E-state index contributed by atoms with van der Waals surface area (Å²) in [6, 6.07) is 0. The summed E-state index contributed by atoms with van der Waals surface area (Å²) in [6.45, 7) is 3.12. The fourth-order valence-corrected chi connectivity index (χ4v) is 0.757. The molecule has 2 atom stereocenters. The summed E-state index contributed by atoms with van der Waals surface area (Å²) in [5.74, 6) is -0.746. The topological polar surface area (TPSA) is 66.8 Å². The van der Waals surface area contributed by atoms with Gasteiger partial charge in [-0.05, 0) is 13.0 Å². The van der Waals surface area contributed by atoms with Crippen LogP contribution in [0.15, 0.2) is 11.6 Å². The number of ether oxygens (including phenoxy) is 1. The number of hydrogen-bond donors (Lipinski definition) is 2. The number of methoxy groups -OCH3 is 1. The van der Waals surface area contributed by atoms with Gasteiger partial charge < -0.3 is 14.9 Å². The van der Waals surface area contributed by atoms with Crippen LogP contribution in [0.25, 0.3) is 0 Å². The van der Waals surface area contributed by atoms with Crippen molar-refractivity contribution in [3.05, 3.63) is 11.6 Å². The van der Waals surface area contributed by atoms with E-state index in [0.717, 1.165) is 0 Å². The van der Waals surface area contributed by atoms with E-state index in [1.165, 1.54) is 13.2 Å². The zero-order valence-electron chi connectivity index (χ0n) is 8.15. The summed E-state index contributed by atoms with van der Waals surface area (Å²) < 4.78 is 4.45. The highest BCUT2D eigenvalue weighted by Crippen LogP contribution is 2.06. The van der Waals surface area contributed by atoms with Crippen molar-refractivity contribution in [2.24, 2.45) is 5.92 Å². The van der Waals surface area contributed by atoms with Crippen LogP contribution in [0.1, 0.15) is 13.8 Å². The first-order valence-corrected chi connectivity index (χ1v) is 4.08. The molecule has 0 saturated carbocycles. The van der Waals surface area contributed by atoms with Gasteiger partial charge >= 0.3 is 5.97 Å². The van der Waals surface area contributed by atoms with Gasteiger partial charge in [-0.15, -0.1) is 0 Å². The summed E-state index contributed by atoms with van der Waals surface area (Å²) in [5, 5.41) is 18.1. The van der Waals surface area contributed by atoms with Gasteiger partial charge in [-0.25, -0.2) is 4.79 Å². The normalized spacial score (nSPS) is 16.5. The Morgan fingerprint density at radius 2 is 2.15 bits per heavy atom. The number of aliphatic hydroxyl groups is 2. The van der Waals surface area contributed by atoms with Crippen LogP contribution in [0.5, 0.6) is 0 Å². The molecule has 0 spiro atoms. The van der Waals surface area contributed by atoms with Gasteiger partial charge in [-0.3, -0.25) is 0 Å². The Morgan fingerprint density at radius 1 is 1.62 bits per heavy atom. The molecule has 76 valence electrons. The average molecular weight is 188 g/mol. The molecule has 2 unspecified atom stereocenters. The van der Waals surface area contributed by atoms with E-state index in [1.54, 1.807) is 13.8 Å². The lowest BCUT2D eigenvalue weighted by Crippen LogP contribution is -2.19. The Hall–Kier alpha value is -0.870. The second-order valence-corrected chi connectivity index (χ2v) is 2.99. The van der Waals surface area contributed by atoms with Gasteiger partial charge in [0.25, 0.3) is 0 Å². The quantitative estimate of drug-likeness (QED) is 0.485. The lowest BCUT2D eigenvalue weighted by molar-refractivity contribution is -0.136. The zero-order valence-corrected chi connectivity index (χ0v) is 8.15. The second kappa shape index (κ2) is 5.72. The average Bonchev–Trinajstić information content (AvgIpc) is 2.14. The zero-order chi connectivity index (χ0) is 10.4. The number of aliphatic hydroxyl groups excluding tert-OH is 2. The minimum absolute atomic E-state index is 0.119. The van der Waals surface area contributed by atoms with Gasteiger partial charge in [0, 0.05) is 18.1 Å². The third-order valence-electron chi connectivity index (χ3n) is 1.80. The molecule has 0 amide bonds. The van der Waals surface area contributed by atoms with Gasteiger partial charge in [0.1, 0.15) is 0 Å². The SMILES string of the molecule is COC(=O)C(C)=CC(O)C(C)CO. The minimum Gasteiger partial charge on any atom is -0.466 e. The third kappa shape index (κ3) is 4.05. The standard InChI is InChI=1S/C9H16O4/c1-6(9(12)13-3)4-8(11)7(2)5-10/h4,7-8,10-11H,5H2,1-3H3. The summed E-state index contributed by atoms with van der Waals surface area (Å²) in [7, 11) is 1.28. The molecule has 0 radical (unpaired) electrons. The number of carbonyl (C=O) groups excluding carboxylic acids is 1. The van der Waals surface area contributed by atoms with Gasteiger partial charge in [0.15, 0.2) is 0 Å². The fourth-order valence-electron chi connectivity index (χ4n) is 0.757. The van der Waals surface area contributed by atoms with Crippen LogP contribution < -0.4 is 0 Å². The molecule has 0 rings (SSSR count). The van der Waals surface area contributed by atoms with Crippen molar-refractivity contribution in [1.29, 1.82) is 0 Å². The molecule has 0 aromatic rings. The highest BCUT2D eigenvalue weighted by atomic mass is 16.5. The molecule has 2 N–H and O–H groups in total. The molecule has 0 heterocycles. The van der Waals surface area contributed by atoms with Crippen molar-refractivity contribution in [3.8, 4) is 0 Å². The van der Waals surface area contributed by atoms with Gasteiger partial charge in [-0.2, -0.15) is 0 Å². The van der Waals surface area contributed by atoms with E-state index in [9.17, 15) is 9.90 Å². The molecule has 0 aliphatic heterocycles. The number of carbonyl (C=O) groups is 1. The van der Waals surface area contributed by atoms with E-state index < -0.39 is 12.1 Å². The highest BCUT2D eigenvalue weighted by molar-refractivity contribution is 5.87. The molecule has 4 heteroatoms. The first-order valence-electron chi connectivity index (χ1n) is 4.08. The monoisotopic (exact) mass is 188 g/mol. The number of esters is 1. The smallest absolute Gasteiger partial charge is 0.333 e. The summed E-state index contributed by atoms with van der Waals surface area (Å²) in [5.41, 5.74) is 0.343. The Kier molecular flexibility index (Phi) is 5.34. The van der Waals surface area contributed by atoms with Crippen molar-refractivity contribution >= 4 is 5.97 Å². The van der Waals surface area contributed by atoms with Crippen LogP contribution in [0.2, 0.25) is 0 Å². The van der Waals surface area contributed by atoms with E-state index in [-0.39, 0.29) is 12.5 Å². The van der Waals surface area contributed by atoms with Crippen LogP contribution in [0.3, 0.4) is 0 Å². The number of rotatable bonds is 4. The summed E-state index contributed by atoms with van der Waals surface area (Å²) >= 11 is 0. The van der Waals surface area contributed by atoms with E-state index in [0.29, 0.717) is 5.57 Å². The van der Waals surface area contributed by atoms with E-state index in [2.05, 4.69) is 4.74 Å². The molecular formula is C9H16O4. The Balaban J connectivity index is 4.29. The van der Waals surface area contributed by atoms with Crippen molar-refractivity contribution in [2.75, 3.05) is 13.7 Å². The van der Waals surface area contributed by atoms with Crippen LogP contribution in [-0.4, -0.2) is 36.0 Å². The maximum absolute atomic E-state index is 10.9. The molecular weight excluding hydrogens is 172 g/mol. The molecule has 0 aliphatic carbocycles. The fraction of sp³-hybridized carbons (Fsp3) is 0.667. The molecule has 0 fully saturated rings. The lowest BCUT2D eigenvalue weighted by Gasteiger charge is -2.12. The molecule has 0 bridgehead atoms. The van der Waals surface area contributed by atoms with Gasteiger partial charge in [0.2, 0.25) is 0 Å². The first kappa shape index (κ1) is 12.1.